The summed E-state index contributed by atoms with van der Waals surface area (Å²) < 4.78 is 0. The number of imide groups is 1. The molecule has 1 aromatic carbocycles. The summed E-state index contributed by atoms with van der Waals surface area (Å²) in [5.41, 5.74) is 2.09. The second-order valence-electron chi connectivity index (χ2n) is 5.02. The molecule has 1 saturated heterocycles. The monoisotopic (exact) mass is 287 g/mol. The van der Waals surface area contributed by atoms with Crippen molar-refractivity contribution in [1.82, 2.24) is 4.90 Å². The van der Waals surface area contributed by atoms with Gasteiger partial charge in [0.15, 0.2) is 0 Å². The summed E-state index contributed by atoms with van der Waals surface area (Å²) in [6.07, 6.45) is 0.611. The minimum absolute atomic E-state index is 0.0817. The van der Waals surface area contributed by atoms with E-state index in [-0.39, 0.29) is 43.5 Å². The van der Waals surface area contributed by atoms with Crippen LogP contribution in [0.5, 0.6) is 0 Å². The summed E-state index contributed by atoms with van der Waals surface area (Å²) in [5.74, 6) is -1.16. The van der Waals surface area contributed by atoms with Crippen LogP contribution in [0, 0.1) is 0 Å². The average molecular weight is 287 g/mol. The van der Waals surface area contributed by atoms with Crippen LogP contribution in [0.25, 0.3) is 0 Å². The summed E-state index contributed by atoms with van der Waals surface area (Å²) in [6, 6.07) is 5.08. The number of hydrogen-bond acceptors (Lipinski definition) is 4. The SMILES string of the molecule is O=C(CN1C(=O)CCC1=O)Nc1ccc2c(c1)CC(=O)N2. The maximum absolute atomic E-state index is 11.9. The van der Waals surface area contributed by atoms with Crippen molar-refractivity contribution in [2.24, 2.45) is 0 Å². The van der Waals surface area contributed by atoms with Crippen molar-refractivity contribution in [3.05, 3.63) is 23.8 Å². The number of fused-ring (bicyclic) bond motifs is 1. The van der Waals surface area contributed by atoms with Gasteiger partial charge in [0.25, 0.3) is 0 Å². The van der Waals surface area contributed by atoms with Crippen molar-refractivity contribution in [3.8, 4) is 0 Å². The fourth-order valence-corrected chi connectivity index (χ4v) is 2.45. The van der Waals surface area contributed by atoms with Gasteiger partial charge < -0.3 is 10.6 Å². The van der Waals surface area contributed by atoms with E-state index in [1.54, 1.807) is 18.2 Å². The quantitative estimate of drug-likeness (QED) is 0.780. The molecule has 108 valence electrons. The molecule has 7 nitrogen and oxygen atoms in total. The molecule has 1 fully saturated rings. The first kappa shape index (κ1) is 13.3. The van der Waals surface area contributed by atoms with Crippen molar-refractivity contribution in [2.75, 3.05) is 17.2 Å². The van der Waals surface area contributed by atoms with Crippen LogP contribution in [0.3, 0.4) is 0 Å². The van der Waals surface area contributed by atoms with Gasteiger partial charge in [-0.2, -0.15) is 0 Å². The molecule has 7 heteroatoms. The maximum atomic E-state index is 11.9. The van der Waals surface area contributed by atoms with Crippen LogP contribution >= 0.6 is 0 Å². The topological polar surface area (TPSA) is 95.6 Å². The Balaban J connectivity index is 1.66. The number of anilines is 2. The first-order valence-corrected chi connectivity index (χ1v) is 6.59. The van der Waals surface area contributed by atoms with Gasteiger partial charge in [-0.1, -0.05) is 0 Å². The van der Waals surface area contributed by atoms with Crippen molar-refractivity contribution in [3.63, 3.8) is 0 Å². The number of nitrogens with one attached hydrogen (secondary N) is 2. The molecule has 2 heterocycles. The molecule has 3 rings (SSSR count). The summed E-state index contributed by atoms with van der Waals surface area (Å²) in [6.45, 7) is -0.272. The van der Waals surface area contributed by atoms with E-state index in [0.717, 1.165) is 16.2 Å². The Morgan fingerprint density at radius 1 is 1.19 bits per heavy atom. The van der Waals surface area contributed by atoms with Crippen molar-refractivity contribution < 1.29 is 19.2 Å². The number of likely N-dealkylation sites (tertiary alicyclic amines) is 1. The molecule has 2 aliphatic rings. The van der Waals surface area contributed by atoms with Crippen LogP contribution in [0.1, 0.15) is 18.4 Å². The molecule has 0 saturated carbocycles. The van der Waals surface area contributed by atoms with E-state index in [0.29, 0.717) is 5.69 Å². The van der Waals surface area contributed by atoms with Crippen LogP contribution < -0.4 is 10.6 Å². The Morgan fingerprint density at radius 3 is 2.62 bits per heavy atom. The number of benzene rings is 1. The summed E-state index contributed by atoms with van der Waals surface area (Å²) in [4.78, 5) is 47.0. The predicted octanol–water partition coefficient (Wildman–Crippen LogP) is 0.269. The number of rotatable bonds is 3. The van der Waals surface area contributed by atoms with Crippen molar-refractivity contribution in [2.45, 2.75) is 19.3 Å². The van der Waals surface area contributed by atoms with Gasteiger partial charge in [-0.15, -0.1) is 0 Å². The van der Waals surface area contributed by atoms with Crippen LogP contribution in [0.4, 0.5) is 11.4 Å². The standard InChI is InChI=1S/C14H13N3O4/c18-11-6-8-5-9(1-2-10(8)16-11)15-12(19)7-17-13(20)3-4-14(17)21/h1-2,5H,3-4,6-7H2,(H,15,19)(H,16,18). The molecule has 1 aromatic rings. The Morgan fingerprint density at radius 2 is 1.90 bits per heavy atom. The zero-order valence-corrected chi connectivity index (χ0v) is 11.1. The predicted molar refractivity (Wildman–Crippen MR) is 73.4 cm³/mol. The molecule has 21 heavy (non-hydrogen) atoms. The largest absolute Gasteiger partial charge is 0.326 e. The first-order chi connectivity index (χ1) is 10.0. The molecule has 0 aliphatic carbocycles. The lowest BCUT2D eigenvalue weighted by Gasteiger charge is -2.13. The highest BCUT2D eigenvalue weighted by atomic mass is 16.2. The lowest BCUT2D eigenvalue weighted by atomic mass is 10.1. The Bertz CT molecular complexity index is 652. The molecule has 0 unspecified atom stereocenters. The van der Waals surface area contributed by atoms with E-state index < -0.39 is 5.91 Å². The van der Waals surface area contributed by atoms with E-state index in [4.69, 9.17) is 0 Å². The zero-order chi connectivity index (χ0) is 15.0. The molecule has 2 N–H and O–H groups in total. The first-order valence-electron chi connectivity index (χ1n) is 6.59. The zero-order valence-electron chi connectivity index (χ0n) is 11.1. The minimum Gasteiger partial charge on any atom is -0.326 e. The molecule has 0 aromatic heterocycles. The molecule has 4 amide bonds. The van der Waals surface area contributed by atoms with Gasteiger partial charge in [-0.3, -0.25) is 24.1 Å². The van der Waals surface area contributed by atoms with Crippen molar-refractivity contribution in [1.29, 1.82) is 0 Å². The second kappa shape index (κ2) is 5.01. The normalized spacial score (nSPS) is 17.0. The van der Waals surface area contributed by atoms with E-state index in [9.17, 15) is 19.2 Å². The van der Waals surface area contributed by atoms with Gasteiger partial charge in [0.05, 0.1) is 6.42 Å². The van der Waals surface area contributed by atoms with Crippen LogP contribution in [0.2, 0.25) is 0 Å². The number of amides is 4. The van der Waals surface area contributed by atoms with E-state index in [2.05, 4.69) is 10.6 Å². The fourth-order valence-electron chi connectivity index (χ4n) is 2.45. The summed E-state index contributed by atoms with van der Waals surface area (Å²) in [7, 11) is 0. The fraction of sp³-hybridized carbons (Fsp3) is 0.286. The third-order valence-electron chi connectivity index (χ3n) is 3.47. The molecule has 0 atom stereocenters. The van der Waals surface area contributed by atoms with E-state index in [1.165, 1.54) is 0 Å². The number of nitrogens with zero attached hydrogens (tertiary/aromatic N) is 1. The number of hydrogen-bond donors (Lipinski definition) is 2. The molecular formula is C14H13N3O4. The molecule has 0 spiro atoms. The summed E-state index contributed by atoms with van der Waals surface area (Å²) in [5, 5.41) is 5.33. The van der Waals surface area contributed by atoms with Gasteiger partial charge in [-0.25, -0.2) is 0 Å². The third kappa shape index (κ3) is 2.62. The minimum atomic E-state index is -0.434. The highest BCUT2D eigenvalue weighted by molar-refractivity contribution is 6.06. The molecule has 2 aliphatic heterocycles. The Labute approximate surface area is 120 Å². The third-order valence-corrected chi connectivity index (χ3v) is 3.47. The van der Waals surface area contributed by atoms with Gasteiger partial charge in [0, 0.05) is 24.2 Å². The van der Waals surface area contributed by atoms with Crippen molar-refractivity contribution >= 4 is 35.0 Å². The van der Waals surface area contributed by atoms with Gasteiger partial charge >= 0.3 is 0 Å². The van der Waals surface area contributed by atoms with E-state index >= 15 is 0 Å². The highest BCUT2D eigenvalue weighted by Gasteiger charge is 2.30. The van der Waals surface area contributed by atoms with Gasteiger partial charge in [0.2, 0.25) is 23.6 Å². The van der Waals surface area contributed by atoms with Gasteiger partial charge in [-0.05, 0) is 23.8 Å². The smallest absolute Gasteiger partial charge is 0.244 e. The highest BCUT2D eigenvalue weighted by Crippen LogP contribution is 2.26. The Hall–Kier alpha value is -2.70. The maximum Gasteiger partial charge on any atom is 0.244 e. The van der Waals surface area contributed by atoms with Crippen LogP contribution in [-0.4, -0.2) is 35.1 Å². The van der Waals surface area contributed by atoms with E-state index in [1.807, 2.05) is 0 Å². The number of carbonyl (C=O) groups excluding carboxylic acids is 4. The second-order valence-corrected chi connectivity index (χ2v) is 5.02. The van der Waals surface area contributed by atoms with Crippen LogP contribution in [0.15, 0.2) is 18.2 Å². The Kier molecular flexibility index (Phi) is 3.17. The van der Waals surface area contributed by atoms with Crippen LogP contribution in [-0.2, 0) is 25.6 Å². The molecule has 0 radical (unpaired) electrons. The lowest BCUT2D eigenvalue weighted by Crippen LogP contribution is -2.36. The average Bonchev–Trinajstić information content (AvgIpc) is 2.94. The molecule has 0 bridgehead atoms. The summed E-state index contributed by atoms with van der Waals surface area (Å²) >= 11 is 0. The molecular weight excluding hydrogens is 274 g/mol. The lowest BCUT2D eigenvalue weighted by molar-refractivity contribution is -0.141. The number of carbonyl (C=O) groups is 4. The van der Waals surface area contributed by atoms with Gasteiger partial charge in [0.1, 0.15) is 6.54 Å².